The minimum absolute atomic E-state index is 0.0719. The topological polar surface area (TPSA) is 29.1 Å². The van der Waals surface area contributed by atoms with E-state index in [-0.39, 0.29) is 5.56 Å². The molecule has 0 heterocycles. The lowest BCUT2D eigenvalue weighted by Crippen LogP contribution is -2.15. The highest BCUT2D eigenvalue weighted by Crippen LogP contribution is 2.21. The van der Waals surface area contributed by atoms with Gasteiger partial charge < -0.3 is 5.32 Å². The molecule has 2 aromatic carbocycles. The van der Waals surface area contributed by atoms with Crippen LogP contribution in [-0.4, -0.2) is 5.91 Å². The van der Waals surface area contributed by atoms with Crippen LogP contribution in [0.15, 0.2) is 36.4 Å². The normalized spacial score (nSPS) is 10.3. The summed E-state index contributed by atoms with van der Waals surface area (Å²) in [5, 5.41) is 2.78. The van der Waals surface area contributed by atoms with E-state index in [0.29, 0.717) is 0 Å². The molecule has 0 unspecified atom stereocenters. The van der Waals surface area contributed by atoms with Crippen molar-refractivity contribution in [1.82, 2.24) is 0 Å². The van der Waals surface area contributed by atoms with Crippen molar-refractivity contribution in [3.63, 3.8) is 0 Å². The van der Waals surface area contributed by atoms with E-state index in [9.17, 15) is 9.18 Å². The zero-order chi connectivity index (χ0) is 14.0. The Morgan fingerprint density at radius 1 is 1.05 bits per heavy atom. The lowest BCUT2D eigenvalue weighted by molar-refractivity contribution is 0.102. The Morgan fingerprint density at radius 2 is 1.68 bits per heavy atom. The zero-order valence-corrected chi connectivity index (χ0v) is 11.3. The van der Waals surface area contributed by atoms with Gasteiger partial charge in [0.2, 0.25) is 0 Å². The van der Waals surface area contributed by atoms with Gasteiger partial charge in [0.25, 0.3) is 5.91 Å². The Morgan fingerprint density at radius 3 is 2.32 bits per heavy atom. The molecule has 98 valence electrons. The SMILES string of the molecule is Cc1ccc(F)c(C(=O)Nc2c(C)cccc2C)c1. The van der Waals surface area contributed by atoms with Gasteiger partial charge in [-0.25, -0.2) is 4.39 Å². The second-order valence-electron chi connectivity index (χ2n) is 4.70. The number of anilines is 1. The maximum atomic E-state index is 13.7. The van der Waals surface area contributed by atoms with E-state index in [2.05, 4.69) is 5.32 Å². The van der Waals surface area contributed by atoms with Gasteiger partial charge >= 0.3 is 0 Å². The molecule has 0 aliphatic carbocycles. The van der Waals surface area contributed by atoms with Crippen molar-refractivity contribution in [1.29, 1.82) is 0 Å². The maximum Gasteiger partial charge on any atom is 0.258 e. The van der Waals surface area contributed by atoms with Crippen LogP contribution in [0.1, 0.15) is 27.0 Å². The largest absolute Gasteiger partial charge is 0.321 e. The first kappa shape index (κ1) is 13.3. The number of para-hydroxylation sites is 1. The number of benzene rings is 2. The number of halogens is 1. The molecule has 2 aromatic rings. The maximum absolute atomic E-state index is 13.7. The minimum Gasteiger partial charge on any atom is -0.321 e. The Kier molecular flexibility index (Phi) is 3.65. The van der Waals surface area contributed by atoms with Crippen LogP contribution in [0.25, 0.3) is 0 Å². The van der Waals surface area contributed by atoms with Gasteiger partial charge in [0.1, 0.15) is 5.82 Å². The van der Waals surface area contributed by atoms with Crippen LogP contribution < -0.4 is 5.32 Å². The molecule has 0 aliphatic heterocycles. The van der Waals surface area contributed by atoms with Crippen LogP contribution >= 0.6 is 0 Å². The van der Waals surface area contributed by atoms with Crippen LogP contribution in [0.3, 0.4) is 0 Å². The van der Waals surface area contributed by atoms with Gasteiger partial charge in [-0.3, -0.25) is 4.79 Å². The number of rotatable bonds is 2. The van der Waals surface area contributed by atoms with Crippen molar-refractivity contribution < 1.29 is 9.18 Å². The zero-order valence-electron chi connectivity index (χ0n) is 11.3. The van der Waals surface area contributed by atoms with Crippen molar-refractivity contribution in [3.8, 4) is 0 Å². The van der Waals surface area contributed by atoms with Gasteiger partial charge in [0.15, 0.2) is 0 Å². The fraction of sp³-hybridized carbons (Fsp3) is 0.188. The van der Waals surface area contributed by atoms with E-state index in [1.54, 1.807) is 12.1 Å². The number of hydrogen-bond acceptors (Lipinski definition) is 1. The number of aryl methyl sites for hydroxylation is 3. The molecule has 19 heavy (non-hydrogen) atoms. The molecule has 0 saturated heterocycles. The van der Waals surface area contributed by atoms with Gasteiger partial charge in [0.05, 0.1) is 5.56 Å². The van der Waals surface area contributed by atoms with E-state index < -0.39 is 11.7 Å². The molecule has 2 rings (SSSR count). The van der Waals surface area contributed by atoms with E-state index >= 15 is 0 Å². The fourth-order valence-electron chi connectivity index (χ4n) is 2.01. The number of carbonyl (C=O) groups is 1. The minimum atomic E-state index is -0.505. The molecule has 0 spiro atoms. The van der Waals surface area contributed by atoms with Crippen molar-refractivity contribution in [3.05, 3.63) is 64.5 Å². The summed E-state index contributed by atoms with van der Waals surface area (Å²) in [6.45, 7) is 5.65. The highest BCUT2D eigenvalue weighted by atomic mass is 19.1. The van der Waals surface area contributed by atoms with Crippen LogP contribution in [-0.2, 0) is 0 Å². The molecule has 3 heteroatoms. The molecule has 0 saturated carbocycles. The third-order valence-electron chi connectivity index (χ3n) is 3.09. The quantitative estimate of drug-likeness (QED) is 0.865. The standard InChI is InChI=1S/C16H16FNO/c1-10-7-8-14(17)13(9-10)16(19)18-15-11(2)5-4-6-12(15)3/h4-9H,1-3H3,(H,18,19). The average Bonchev–Trinajstić information content (AvgIpc) is 2.37. The van der Waals surface area contributed by atoms with Crippen molar-refractivity contribution in [2.75, 3.05) is 5.32 Å². The molecule has 0 aromatic heterocycles. The van der Waals surface area contributed by atoms with E-state index in [0.717, 1.165) is 22.4 Å². The predicted octanol–water partition coefficient (Wildman–Crippen LogP) is 4.00. The number of hydrogen-bond donors (Lipinski definition) is 1. The fourth-order valence-corrected chi connectivity index (χ4v) is 2.01. The summed E-state index contributed by atoms with van der Waals surface area (Å²) in [7, 11) is 0. The van der Waals surface area contributed by atoms with Crippen LogP contribution in [0.4, 0.5) is 10.1 Å². The third kappa shape index (κ3) is 2.81. The lowest BCUT2D eigenvalue weighted by Gasteiger charge is -2.12. The van der Waals surface area contributed by atoms with Crippen LogP contribution in [0, 0.1) is 26.6 Å². The van der Waals surface area contributed by atoms with Gasteiger partial charge in [0, 0.05) is 5.69 Å². The van der Waals surface area contributed by atoms with Gasteiger partial charge in [-0.1, -0.05) is 29.8 Å². The predicted molar refractivity (Wildman–Crippen MR) is 75.0 cm³/mol. The summed E-state index contributed by atoms with van der Waals surface area (Å²) in [4.78, 5) is 12.1. The highest BCUT2D eigenvalue weighted by molar-refractivity contribution is 6.05. The number of amides is 1. The Hall–Kier alpha value is -2.16. The molecule has 1 amide bonds. The van der Waals surface area contributed by atoms with E-state index in [4.69, 9.17) is 0 Å². The molecule has 0 aliphatic rings. The van der Waals surface area contributed by atoms with E-state index in [1.165, 1.54) is 6.07 Å². The van der Waals surface area contributed by atoms with Crippen molar-refractivity contribution in [2.45, 2.75) is 20.8 Å². The summed E-state index contributed by atoms with van der Waals surface area (Å²) < 4.78 is 13.7. The Balaban J connectivity index is 2.34. The van der Waals surface area contributed by atoms with E-state index in [1.807, 2.05) is 39.0 Å². The second kappa shape index (κ2) is 5.22. The van der Waals surface area contributed by atoms with Crippen LogP contribution in [0.2, 0.25) is 0 Å². The van der Waals surface area contributed by atoms with Crippen LogP contribution in [0.5, 0.6) is 0 Å². The van der Waals surface area contributed by atoms with Gasteiger partial charge in [-0.05, 0) is 44.0 Å². The smallest absolute Gasteiger partial charge is 0.258 e. The molecule has 0 fully saturated rings. The van der Waals surface area contributed by atoms with Gasteiger partial charge in [-0.2, -0.15) is 0 Å². The highest BCUT2D eigenvalue weighted by Gasteiger charge is 2.13. The first-order valence-corrected chi connectivity index (χ1v) is 6.13. The first-order valence-electron chi connectivity index (χ1n) is 6.13. The van der Waals surface area contributed by atoms with Gasteiger partial charge in [-0.15, -0.1) is 0 Å². The monoisotopic (exact) mass is 257 g/mol. The summed E-state index contributed by atoms with van der Waals surface area (Å²) in [5.74, 6) is -0.923. The Bertz CT molecular complexity index is 614. The summed E-state index contributed by atoms with van der Waals surface area (Å²) in [6, 6.07) is 10.3. The number of nitrogens with one attached hydrogen (secondary N) is 1. The molecular weight excluding hydrogens is 241 g/mol. The molecule has 1 N–H and O–H groups in total. The summed E-state index contributed by atoms with van der Waals surface area (Å²) in [6.07, 6.45) is 0. The first-order chi connectivity index (χ1) is 8.99. The lowest BCUT2D eigenvalue weighted by atomic mass is 10.1. The van der Waals surface area contributed by atoms with Crippen molar-refractivity contribution in [2.24, 2.45) is 0 Å². The molecule has 0 atom stereocenters. The number of carbonyl (C=O) groups excluding carboxylic acids is 1. The molecule has 2 nitrogen and oxygen atoms in total. The second-order valence-corrected chi connectivity index (χ2v) is 4.70. The van der Waals surface area contributed by atoms with Crippen molar-refractivity contribution >= 4 is 11.6 Å². The summed E-state index contributed by atoms with van der Waals surface area (Å²) >= 11 is 0. The summed E-state index contributed by atoms with van der Waals surface area (Å²) in [5.41, 5.74) is 3.59. The molecule has 0 bridgehead atoms. The molecular formula is C16H16FNO. The average molecular weight is 257 g/mol. The Labute approximate surface area is 112 Å². The molecule has 0 radical (unpaired) electrons. The third-order valence-corrected chi connectivity index (χ3v) is 3.09.